The molecule has 1 aliphatic carbocycles. The summed E-state index contributed by atoms with van der Waals surface area (Å²) in [7, 11) is 0. The van der Waals surface area contributed by atoms with Crippen LogP contribution in [0.25, 0.3) is 10.9 Å². The maximum absolute atomic E-state index is 14.6. The minimum atomic E-state index is -1.27. The van der Waals surface area contributed by atoms with Crippen molar-refractivity contribution in [3.8, 4) is 0 Å². The summed E-state index contributed by atoms with van der Waals surface area (Å²) in [6.07, 6.45) is 4.63. The van der Waals surface area contributed by atoms with Gasteiger partial charge in [0.2, 0.25) is 11.8 Å². The third kappa shape index (κ3) is 8.25. The molecular weight excluding hydrogens is 594 g/mol. The lowest BCUT2D eigenvalue weighted by Crippen LogP contribution is -2.47. The summed E-state index contributed by atoms with van der Waals surface area (Å²) in [4.78, 5) is 57.8. The minimum Gasteiger partial charge on any atom is -0.461 e. The molecule has 1 heterocycles. The Kier molecular flexibility index (Phi) is 11.3. The van der Waals surface area contributed by atoms with Gasteiger partial charge in [-0.25, -0.2) is 14.2 Å². The highest BCUT2D eigenvalue weighted by atomic mass is 35.5. The highest BCUT2D eigenvalue weighted by molar-refractivity contribution is 6.31. The molecule has 3 aromatic rings. The van der Waals surface area contributed by atoms with E-state index in [1.54, 1.807) is 45.9 Å². The van der Waals surface area contributed by atoms with E-state index in [2.05, 4.69) is 5.32 Å². The second-order valence-electron chi connectivity index (χ2n) is 12.5. The zero-order chi connectivity index (χ0) is 32.7. The Bertz CT molecular complexity index is 1520. The Morgan fingerprint density at radius 1 is 1.02 bits per heavy atom. The van der Waals surface area contributed by atoms with Gasteiger partial charge in [0, 0.05) is 35.0 Å². The molecule has 1 aliphatic rings. The number of nitrogens with one attached hydrogen (secondary N) is 1. The number of fused-ring (bicyclic) bond motifs is 1. The van der Waals surface area contributed by atoms with Gasteiger partial charge in [0.05, 0.1) is 12.1 Å². The number of amides is 2. The van der Waals surface area contributed by atoms with Crippen LogP contribution in [0.5, 0.6) is 0 Å². The van der Waals surface area contributed by atoms with Crippen LogP contribution in [-0.2, 0) is 25.6 Å². The quantitative estimate of drug-likeness (QED) is 0.230. The third-order valence-corrected chi connectivity index (χ3v) is 8.01. The summed E-state index contributed by atoms with van der Waals surface area (Å²) in [5.74, 6) is -1.50. The minimum absolute atomic E-state index is 0.0241. The fourth-order valence-corrected chi connectivity index (χ4v) is 6.04. The van der Waals surface area contributed by atoms with Crippen molar-refractivity contribution in [1.29, 1.82) is 0 Å². The molecule has 1 N–H and O–H groups in total. The first-order valence-corrected chi connectivity index (χ1v) is 16.2. The third-order valence-electron chi connectivity index (χ3n) is 7.78. The van der Waals surface area contributed by atoms with Gasteiger partial charge in [-0.3, -0.25) is 9.59 Å². The summed E-state index contributed by atoms with van der Waals surface area (Å²) in [6, 6.07) is 12.9. The largest absolute Gasteiger partial charge is 0.461 e. The summed E-state index contributed by atoms with van der Waals surface area (Å²) < 4.78 is 12.4. The molecule has 0 saturated heterocycles. The molecule has 45 heavy (non-hydrogen) atoms. The average molecular weight is 638 g/mol. The number of carbonyl (C=O) groups excluding carboxylic acids is 4. The van der Waals surface area contributed by atoms with Gasteiger partial charge in [-0.05, 0) is 64.7 Å². The predicted molar refractivity (Wildman–Crippen MR) is 174 cm³/mol. The molecule has 0 radical (unpaired) electrons. The molecule has 2 aromatic carbocycles. The van der Waals surface area contributed by atoms with Crippen LogP contribution >= 0.6 is 11.6 Å². The maximum Gasteiger partial charge on any atom is 0.419 e. The van der Waals surface area contributed by atoms with Crippen molar-refractivity contribution in [3.63, 3.8) is 0 Å². The highest BCUT2D eigenvalue weighted by Crippen LogP contribution is 2.38. The standard InChI is InChI=1S/C35H44ClN3O6/c1-6-14-28(40)38(22-23-15-10-8-11-16-23)30(32(41)37-25-17-12-9-13-18-25)29-26-20-19-24(36)21-27(26)39(31(29)33(42)44-7-2)34(43)45-35(3,4)5/h8,10-11,15-16,19-21,25,30H,6-7,9,12-14,17-18,22H2,1-5H3,(H,37,41). The van der Waals surface area contributed by atoms with Gasteiger partial charge >= 0.3 is 12.1 Å². The number of esters is 1. The molecule has 0 aliphatic heterocycles. The Labute approximate surface area is 270 Å². The number of halogens is 1. The molecule has 1 fully saturated rings. The van der Waals surface area contributed by atoms with Crippen molar-refractivity contribution in [3.05, 3.63) is 70.4 Å². The Balaban J connectivity index is 2.04. The highest BCUT2D eigenvalue weighted by Gasteiger charge is 2.41. The zero-order valence-electron chi connectivity index (χ0n) is 26.9. The average Bonchev–Trinajstić information content (AvgIpc) is 3.31. The number of ether oxygens (including phenoxy) is 2. The lowest BCUT2D eigenvalue weighted by Gasteiger charge is -2.34. The predicted octanol–water partition coefficient (Wildman–Crippen LogP) is 7.57. The van der Waals surface area contributed by atoms with E-state index in [0.717, 1.165) is 42.2 Å². The van der Waals surface area contributed by atoms with Crippen LogP contribution in [0.2, 0.25) is 5.02 Å². The van der Waals surface area contributed by atoms with Gasteiger partial charge in [0.1, 0.15) is 17.3 Å². The number of benzene rings is 2. The molecular formula is C35H44ClN3O6. The number of nitrogens with zero attached hydrogens (tertiary/aromatic N) is 2. The lowest BCUT2D eigenvalue weighted by atomic mass is 9.94. The van der Waals surface area contributed by atoms with Crippen LogP contribution < -0.4 is 5.32 Å². The first-order chi connectivity index (χ1) is 21.4. The molecule has 10 heteroatoms. The van der Waals surface area contributed by atoms with Crippen molar-refractivity contribution < 1.29 is 28.7 Å². The van der Waals surface area contributed by atoms with Gasteiger partial charge in [-0.2, -0.15) is 0 Å². The van der Waals surface area contributed by atoms with Gasteiger partial charge in [-0.15, -0.1) is 0 Å². The lowest BCUT2D eigenvalue weighted by molar-refractivity contribution is -0.142. The topological polar surface area (TPSA) is 107 Å². The fourth-order valence-electron chi connectivity index (χ4n) is 5.88. The van der Waals surface area contributed by atoms with E-state index >= 15 is 0 Å². The second kappa shape index (κ2) is 15.0. The van der Waals surface area contributed by atoms with Crippen molar-refractivity contribution in [2.75, 3.05) is 6.61 Å². The first-order valence-electron chi connectivity index (χ1n) is 15.8. The molecule has 0 bridgehead atoms. The van der Waals surface area contributed by atoms with E-state index in [4.69, 9.17) is 21.1 Å². The molecule has 242 valence electrons. The van der Waals surface area contributed by atoms with Crippen molar-refractivity contribution >= 4 is 46.4 Å². The number of hydrogen-bond acceptors (Lipinski definition) is 6. The molecule has 1 saturated carbocycles. The molecule has 1 atom stereocenters. The number of carbonyl (C=O) groups is 4. The number of aromatic nitrogens is 1. The summed E-state index contributed by atoms with van der Waals surface area (Å²) in [6.45, 7) is 8.86. The maximum atomic E-state index is 14.6. The van der Waals surface area contributed by atoms with Crippen LogP contribution in [-0.4, -0.2) is 51.6 Å². The zero-order valence-corrected chi connectivity index (χ0v) is 27.6. The van der Waals surface area contributed by atoms with Crippen molar-refractivity contribution in [2.24, 2.45) is 0 Å². The van der Waals surface area contributed by atoms with Crippen LogP contribution in [0.4, 0.5) is 4.79 Å². The van der Waals surface area contributed by atoms with E-state index in [1.165, 1.54) is 4.90 Å². The first kappa shape index (κ1) is 34.0. The number of hydrogen-bond donors (Lipinski definition) is 1. The fraction of sp³-hybridized carbons (Fsp3) is 0.486. The molecule has 0 spiro atoms. The Hall–Kier alpha value is -3.85. The summed E-state index contributed by atoms with van der Waals surface area (Å²) >= 11 is 6.44. The monoisotopic (exact) mass is 637 g/mol. The van der Waals surface area contributed by atoms with E-state index in [-0.39, 0.29) is 48.3 Å². The van der Waals surface area contributed by atoms with Crippen molar-refractivity contribution in [2.45, 2.75) is 104 Å². The SMILES string of the molecule is CCCC(=O)N(Cc1ccccc1)C(C(=O)NC1CCCCC1)c1c(C(=O)OCC)n(C(=O)OC(C)(C)C)c2cc(Cl)ccc12. The van der Waals surface area contributed by atoms with E-state index in [0.29, 0.717) is 16.8 Å². The molecule has 9 nitrogen and oxygen atoms in total. The molecule has 1 aromatic heterocycles. The van der Waals surface area contributed by atoms with Crippen LogP contribution in [0.1, 0.15) is 107 Å². The summed E-state index contributed by atoms with van der Waals surface area (Å²) in [5.41, 5.74) is 0.211. The van der Waals surface area contributed by atoms with Gasteiger partial charge in [-0.1, -0.05) is 74.2 Å². The van der Waals surface area contributed by atoms with Gasteiger partial charge in [0.15, 0.2) is 0 Å². The van der Waals surface area contributed by atoms with Crippen LogP contribution in [0, 0.1) is 0 Å². The van der Waals surface area contributed by atoms with Crippen LogP contribution in [0.15, 0.2) is 48.5 Å². The molecule has 4 rings (SSSR count). The summed E-state index contributed by atoms with van der Waals surface area (Å²) in [5, 5.41) is 3.93. The number of rotatable bonds is 10. The van der Waals surface area contributed by atoms with Gasteiger partial charge < -0.3 is 19.7 Å². The Morgan fingerprint density at radius 3 is 2.33 bits per heavy atom. The van der Waals surface area contributed by atoms with E-state index in [9.17, 15) is 19.2 Å². The van der Waals surface area contributed by atoms with E-state index in [1.807, 2.05) is 37.3 Å². The smallest absolute Gasteiger partial charge is 0.419 e. The van der Waals surface area contributed by atoms with Crippen molar-refractivity contribution in [1.82, 2.24) is 14.8 Å². The normalized spacial score (nSPS) is 14.5. The molecule has 1 unspecified atom stereocenters. The molecule has 2 amide bonds. The van der Waals surface area contributed by atoms with Crippen LogP contribution in [0.3, 0.4) is 0 Å². The second-order valence-corrected chi connectivity index (χ2v) is 12.9. The Morgan fingerprint density at radius 2 is 1.71 bits per heavy atom. The van der Waals surface area contributed by atoms with E-state index < -0.39 is 29.6 Å². The van der Waals surface area contributed by atoms with Gasteiger partial charge in [0.25, 0.3) is 0 Å².